The highest BCUT2D eigenvalue weighted by Gasteiger charge is 2.30. The van der Waals surface area contributed by atoms with Crippen LogP contribution in [-0.4, -0.2) is 67.0 Å². The number of aromatic nitrogens is 1. The lowest BCUT2D eigenvalue weighted by atomic mass is 10.1. The molecule has 0 N–H and O–H groups in total. The Hall–Kier alpha value is -2.92. The normalized spacial score (nSPS) is 16.4. The van der Waals surface area contributed by atoms with E-state index in [4.69, 9.17) is 4.74 Å². The number of carbonyl (C=O) groups is 3. The van der Waals surface area contributed by atoms with Crippen LogP contribution in [-0.2, 0) is 14.3 Å². The maximum atomic E-state index is 14.3. The van der Waals surface area contributed by atoms with Crippen LogP contribution in [0.1, 0.15) is 29.6 Å². The monoisotopic (exact) mass is 532 g/mol. The number of benzene rings is 2. The van der Waals surface area contributed by atoms with Gasteiger partial charge in [0.2, 0.25) is 11.8 Å². The molecule has 3 aromatic rings. The van der Waals surface area contributed by atoms with Gasteiger partial charge in [0.25, 0.3) is 5.91 Å². The highest BCUT2D eigenvalue weighted by atomic mass is 35.5. The summed E-state index contributed by atoms with van der Waals surface area (Å²) in [6.45, 7) is 4.35. The largest absolute Gasteiger partial charge is 0.379 e. The molecule has 2 fully saturated rings. The number of morpholine rings is 1. The van der Waals surface area contributed by atoms with Gasteiger partial charge >= 0.3 is 0 Å². The summed E-state index contributed by atoms with van der Waals surface area (Å²) in [6.07, 6.45) is 1.12. The zero-order valence-corrected chi connectivity index (χ0v) is 21.2. The number of anilines is 2. The van der Waals surface area contributed by atoms with Crippen LogP contribution in [0.2, 0.25) is 0 Å². The predicted octanol–water partition coefficient (Wildman–Crippen LogP) is 3.88. The molecule has 0 spiro atoms. The summed E-state index contributed by atoms with van der Waals surface area (Å²) in [5.41, 5.74) is 1.11. The molecule has 11 heteroatoms. The SMILES string of the molecule is Cl.O=C(c1ccc(N2C(=O)CCC2=O)cc1)N(CCCN1CCOCC1)c1nc2c(F)cccc2s1. The third kappa shape index (κ3) is 5.41. The average Bonchev–Trinajstić information content (AvgIpc) is 3.46. The molecule has 2 aliphatic heterocycles. The highest BCUT2D eigenvalue weighted by molar-refractivity contribution is 7.22. The van der Waals surface area contributed by atoms with Crippen LogP contribution >= 0.6 is 23.7 Å². The average molecular weight is 533 g/mol. The van der Waals surface area contributed by atoms with Crippen molar-refractivity contribution in [2.45, 2.75) is 19.3 Å². The zero-order valence-electron chi connectivity index (χ0n) is 19.5. The third-order valence-electron chi connectivity index (χ3n) is 6.22. The van der Waals surface area contributed by atoms with Gasteiger partial charge in [0.15, 0.2) is 5.13 Å². The number of fused-ring (bicyclic) bond motifs is 1. The topological polar surface area (TPSA) is 83.1 Å². The molecule has 8 nitrogen and oxygen atoms in total. The summed E-state index contributed by atoms with van der Waals surface area (Å²) in [7, 11) is 0. The van der Waals surface area contributed by atoms with Crippen molar-refractivity contribution in [1.29, 1.82) is 0 Å². The number of hydrogen-bond donors (Lipinski definition) is 0. The minimum atomic E-state index is -0.421. The van der Waals surface area contributed by atoms with Gasteiger partial charge in [0.1, 0.15) is 11.3 Å². The first kappa shape index (κ1) is 26.2. The lowest BCUT2D eigenvalue weighted by molar-refractivity contribution is -0.121. The quantitative estimate of drug-likeness (QED) is 0.429. The van der Waals surface area contributed by atoms with Gasteiger partial charge in [-0.2, -0.15) is 0 Å². The molecule has 2 saturated heterocycles. The number of halogens is 2. The molecular weight excluding hydrogens is 507 g/mol. The molecule has 5 rings (SSSR count). The zero-order chi connectivity index (χ0) is 24.4. The Balaban J connectivity index is 0.00000304. The van der Waals surface area contributed by atoms with E-state index >= 15 is 0 Å². The fourth-order valence-electron chi connectivity index (χ4n) is 4.35. The first-order valence-corrected chi connectivity index (χ1v) is 12.5. The second-order valence-corrected chi connectivity index (χ2v) is 9.53. The van der Waals surface area contributed by atoms with E-state index in [0.29, 0.717) is 40.8 Å². The summed E-state index contributed by atoms with van der Waals surface area (Å²) in [5, 5.41) is 0.436. The van der Waals surface area contributed by atoms with Crippen LogP contribution in [0.4, 0.5) is 15.2 Å². The standard InChI is InChI=1S/C25H25FN4O4S.ClH/c26-19-3-1-4-20-23(19)27-25(35-20)29(12-2-11-28-13-15-34-16-14-28)24(33)17-5-7-18(8-6-17)30-21(31)9-10-22(30)32;/h1,3-8H,2,9-16H2;1H. The molecule has 0 unspecified atom stereocenters. The van der Waals surface area contributed by atoms with Crippen LogP contribution in [0, 0.1) is 5.82 Å². The second kappa shape index (κ2) is 11.4. The van der Waals surface area contributed by atoms with E-state index in [1.807, 2.05) is 0 Å². The smallest absolute Gasteiger partial charge is 0.260 e. The first-order chi connectivity index (χ1) is 17.0. The van der Waals surface area contributed by atoms with Crippen LogP contribution < -0.4 is 9.80 Å². The Morgan fingerprint density at radius 3 is 2.42 bits per heavy atom. The number of ether oxygens (including phenoxy) is 1. The summed E-state index contributed by atoms with van der Waals surface area (Å²) >= 11 is 1.28. The number of amides is 3. The van der Waals surface area contributed by atoms with Crippen molar-refractivity contribution in [3.63, 3.8) is 0 Å². The molecule has 190 valence electrons. The van der Waals surface area contributed by atoms with E-state index < -0.39 is 5.82 Å². The minimum absolute atomic E-state index is 0. The van der Waals surface area contributed by atoms with E-state index in [1.165, 1.54) is 17.4 Å². The summed E-state index contributed by atoms with van der Waals surface area (Å²) < 4.78 is 20.4. The van der Waals surface area contributed by atoms with Crippen molar-refractivity contribution >= 4 is 62.5 Å². The molecule has 0 bridgehead atoms. The summed E-state index contributed by atoms with van der Waals surface area (Å²) in [4.78, 5) is 47.1. The number of carbonyl (C=O) groups excluding carboxylic acids is 3. The molecule has 2 aliphatic rings. The Labute approximate surface area is 218 Å². The summed E-state index contributed by atoms with van der Waals surface area (Å²) in [6, 6.07) is 11.2. The molecule has 36 heavy (non-hydrogen) atoms. The first-order valence-electron chi connectivity index (χ1n) is 11.6. The van der Waals surface area contributed by atoms with E-state index in [2.05, 4.69) is 9.88 Å². The van der Waals surface area contributed by atoms with Crippen molar-refractivity contribution in [2.24, 2.45) is 0 Å². The fraction of sp³-hybridized carbons (Fsp3) is 0.360. The maximum absolute atomic E-state index is 14.3. The Morgan fingerprint density at radius 2 is 1.75 bits per heavy atom. The van der Waals surface area contributed by atoms with Crippen molar-refractivity contribution in [2.75, 3.05) is 49.2 Å². The van der Waals surface area contributed by atoms with Gasteiger partial charge in [0, 0.05) is 44.6 Å². The van der Waals surface area contributed by atoms with Gasteiger partial charge in [-0.3, -0.25) is 29.1 Å². The van der Waals surface area contributed by atoms with Crippen LogP contribution in [0.15, 0.2) is 42.5 Å². The highest BCUT2D eigenvalue weighted by Crippen LogP contribution is 2.32. The number of imide groups is 1. The molecule has 0 aliphatic carbocycles. The van der Waals surface area contributed by atoms with Crippen molar-refractivity contribution in [1.82, 2.24) is 9.88 Å². The third-order valence-corrected chi connectivity index (χ3v) is 7.26. The van der Waals surface area contributed by atoms with Gasteiger partial charge in [-0.05, 0) is 42.8 Å². The lowest BCUT2D eigenvalue weighted by Gasteiger charge is -2.27. The van der Waals surface area contributed by atoms with E-state index in [0.717, 1.165) is 31.0 Å². The summed E-state index contributed by atoms with van der Waals surface area (Å²) in [5.74, 6) is -1.17. The van der Waals surface area contributed by atoms with Crippen molar-refractivity contribution in [3.8, 4) is 0 Å². The number of rotatable bonds is 7. The van der Waals surface area contributed by atoms with Gasteiger partial charge in [-0.1, -0.05) is 17.4 Å². The lowest BCUT2D eigenvalue weighted by Crippen LogP contribution is -2.39. The second-order valence-electron chi connectivity index (χ2n) is 8.52. The number of thiazole rings is 1. The van der Waals surface area contributed by atoms with Crippen molar-refractivity contribution < 1.29 is 23.5 Å². The van der Waals surface area contributed by atoms with E-state index in [-0.39, 0.29) is 48.5 Å². The molecule has 0 radical (unpaired) electrons. The Kier molecular flexibility index (Phi) is 8.30. The van der Waals surface area contributed by atoms with Crippen molar-refractivity contribution in [3.05, 3.63) is 53.8 Å². The number of para-hydroxylation sites is 1. The molecule has 2 aromatic carbocycles. The molecule has 3 amide bonds. The van der Waals surface area contributed by atoms with Crippen LogP contribution in [0.5, 0.6) is 0 Å². The fourth-order valence-corrected chi connectivity index (χ4v) is 5.36. The van der Waals surface area contributed by atoms with E-state index in [1.54, 1.807) is 41.3 Å². The Bertz CT molecular complexity index is 1250. The molecule has 1 aromatic heterocycles. The molecular formula is C25H26ClFN4O4S. The minimum Gasteiger partial charge on any atom is -0.379 e. The number of nitrogens with zero attached hydrogens (tertiary/aromatic N) is 4. The molecule has 0 saturated carbocycles. The Morgan fingerprint density at radius 1 is 1.06 bits per heavy atom. The van der Waals surface area contributed by atoms with Gasteiger partial charge < -0.3 is 4.74 Å². The van der Waals surface area contributed by atoms with E-state index in [9.17, 15) is 18.8 Å². The van der Waals surface area contributed by atoms with Gasteiger partial charge in [-0.25, -0.2) is 9.37 Å². The maximum Gasteiger partial charge on any atom is 0.260 e. The predicted molar refractivity (Wildman–Crippen MR) is 139 cm³/mol. The van der Waals surface area contributed by atoms with Crippen LogP contribution in [0.3, 0.4) is 0 Å². The van der Waals surface area contributed by atoms with Gasteiger partial charge in [-0.15, -0.1) is 12.4 Å². The van der Waals surface area contributed by atoms with Crippen LogP contribution in [0.25, 0.3) is 10.2 Å². The molecule has 3 heterocycles. The van der Waals surface area contributed by atoms with Gasteiger partial charge in [0.05, 0.1) is 23.6 Å². The number of hydrogen-bond acceptors (Lipinski definition) is 7. The molecule has 0 atom stereocenters.